The summed E-state index contributed by atoms with van der Waals surface area (Å²) in [5.74, 6) is 0.769. The van der Waals surface area contributed by atoms with Crippen molar-refractivity contribution in [1.29, 1.82) is 0 Å². The van der Waals surface area contributed by atoms with Gasteiger partial charge in [0.15, 0.2) is 0 Å². The van der Waals surface area contributed by atoms with Crippen molar-refractivity contribution in [1.82, 2.24) is 0 Å². The Morgan fingerprint density at radius 2 is 2.00 bits per heavy atom. The number of hydrogen-bond acceptors (Lipinski definition) is 5. The minimum Gasteiger partial charge on any atom is -0.469 e. The van der Waals surface area contributed by atoms with Gasteiger partial charge in [0.1, 0.15) is 0 Å². The second-order valence-electron chi connectivity index (χ2n) is 4.13. The second kappa shape index (κ2) is 7.84. The molecule has 0 radical (unpaired) electrons. The van der Waals surface area contributed by atoms with Gasteiger partial charge in [-0.2, -0.15) is 11.8 Å². The summed E-state index contributed by atoms with van der Waals surface area (Å²) in [6.07, 6.45) is 0. The molecule has 0 fully saturated rings. The number of benzene rings is 1. The number of carbonyl (C=O) groups is 2. The van der Waals surface area contributed by atoms with Gasteiger partial charge in [-0.05, 0) is 17.7 Å². The molecule has 1 rings (SSSR count). The molecule has 0 aliphatic rings. The lowest BCUT2D eigenvalue weighted by Gasteiger charge is -2.09. The van der Waals surface area contributed by atoms with Gasteiger partial charge in [-0.25, -0.2) is 4.79 Å². The fraction of sp³-hybridized carbons (Fsp3) is 0.429. The predicted molar refractivity (Wildman–Crippen MR) is 75.1 cm³/mol. The lowest BCUT2D eigenvalue weighted by Crippen LogP contribution is -2.14. The molecule has 0 N–H and O–H groups in total. The number of esters is 2. The molecule has 104 valence electrons. The fourth-order valence-corrected chi connectivity index (χ4v) is 2.55. The Labute approximate surface area is 117 Å². The van der Waals surface area contributed by atoms with Crippen molar-refractivity contribution in [2.75, 3.05) is 20.0 Å². The Bertz CT molecular complexity index is 445. The van der Waals surface area contributed by atoms with E-state index in [1.54, 1.807) is 17.8 Å². The molecular weight excluding hydrogens is 264 g/mol. The van der Waals surface area contributed by atoms with Crippen LogP contribution in [0.4, 0.5) is 0 Å². The predicted octanol–water partition coefficient (Wildman–Crippen LogP) is 2.52. The highest BCUT2D eigenvalue weighted by atomic mass is 32.2. The Morgan fingerprint density at radius 3 is 2.63 bits per heavy atom. The summed E-state index contributed by atoms with van der Waals surface area (Å²) in [6.45, 7) is 1.84. The molecule has 0 bridgehead atoms. The van der Waals surface area contributed by atoms with E-state index < -0.39 is 0 Å². The summed E-state index contributed by atoms with van der Waals surface area (Å²) in [5, 5.41) is 0. The molecular formula is C14H18O4S. The van der Waals surface area contributed by atoms with Crippen LogP contribution in [0.5, 0.6) is 0 Å². The maximum atomic E-state index is 11.4. The highest BCUT2D eigenvalue weighted by Gasteiger charge is 2.13. The molecule has 4 nitrogen and oxygen atoms in total. The van der Waals surface area contributed by atoms with E-state index in [0.29, 0.717) is 11.3 Å². The zero-order valence-electron chi connectivity index (χ0n) is 11.3. The average molecular weight is 282 g/mol. The highest BCUT2D eigenvalue weighted by Crippen LogP contribution is 2.17. The summed E-state index contributed by atoms with van der Waals surface area (Å²) >= 11 is 1.63. The number of rotatable bonds is 6. The lowest BCUT2D eigenvalue weighted by atomic mass is 10.1. The maximum Gasteiger partial charge on any atom is 0.337 e. The highest BCUT2D eigenvalue weighted by molar-refractivity contribution is 7.98. The van der Waals surface area contributed by atoms with Gasteiger partial charge in [-0.15, -0.1) is 0 Å². The molecule has 0 spiro atoms. The van der Waals surface area contributed by atoms with Crippen LogP contribution >= 0.6 is 11.8 Å². The number of thioether (sulfide) groups is 1. The Hall–Kier alpha value is -1.49. The van der Waals surface area contributed by atoms with E-state index in [1.165, 1.54) is 14.2 Å². The van der Waals surface area contributed by atoms with E-state index in [4.69, 9.17) is 0 Å². The first-order valence-corrected chi connectivity index (χ1v) is 7.06. The van der Waals surface area contributed by atoms with Crippen molar-refractivity contribution < 1.29 is 19.1 Å². The average Bonchev–Trinajstić information content (AvgIpc) is 2.45. The second-order valence-corrected chi connectivity index (χ2v) is 5.16. The smallest absolute Gasteiger partial charge is 0.337 e. The lowest BCUT2D eigenvalue weighted by molar-refractivity contribution is -0.144. The van der Waals surface area contributed by atoms with Gasteiger partial charge in [0.05, 0.1) is 25.7 Å². The molecule has 1 aromatic carbocycles. The zero-order chi connectivity index (χ0) is 14.3. The minimum absolute atomic E-state index is 0.126. The number of hydrogen-bond donors (Lipinski definition) is 0. The molecule has 0 saturated heterocycles. The molecule has 5 heteroatoms. The van der Waals surface area contributed by atoms with Crippen LogP contribution < -0.4 is 0 Å². The molecule has 0 saturated carbocycles. The van der Waals surface area contributed by atoms with Gasteiger partial charge >= 0.3 is 11.9 Å². The van der Waals surface area contributed by atoms with Crippen molar-refractivity contribution in [3.05, 3.63) is 35.4 Å². The van der Waals surface area contributed by atoms with Crippen LogP contribution in [0.1, 0.15) is 22.8 Å². The molecule has 0 amide bonds. The summed E-state index contributed by atoms with van der Waals surface area (Å²) in [6, 6.07) is 7.30. The molecule has 0 aliphatic heterocycles. The molecule has 1 atom stereocenters. The van der Waals surface area contributed by atoms with Crippen LogP contribution in [0, 0.1) is 5.92 Å². The summed E-state index contributed by atoms with van der Waals surface area (Å²) in [5.41, 5.74) is 1.58. The number of carbonyl (C=O) groups excluding carboxylic acids is 2. The van der Waals surface area contributed by atoms with Crippen molar-refractivity contribution in [2.24, 2.45) is 5.92 Å². The van der Waals surface area contributed by atoms with Gasteiger partial charge in [-0.1, -0.05) is 19.1 Å². The van der Waals surface area contributed by atoms with E-state index in [2.05, 4.69) is 9.47 Å². The molecule has 1 unspecified atom stereocenters. The van der Waals surface area contributed by atoms with Crippen LogP contribution in [-0.4, -0.2) is 31.9 Å². The minimum atomic E-state index is -0.338. The topological polar surface area (TPSA) is 52.6 Å². The first-order chi connectivity index (χ1) is 9.08. The first-order valence-electron chi connectivity index (χ1n) is 5.91. The van der Waals surface area contributed by atoms with Crippen LogP contribution in [-0.2, 0) is 20.0 Å². The SMILES string of the molecule is COC(=O)c1cccc(CSCC(C)C(=O)OC)c1. The number of methoxy groups -OCH3 is 2. The largest absolute Gasteiger partial charge is 0.469 e. The molecule has 1 aromatic rings. The van der Waals surface area contributed by atoms with E-state index >= 15 is 0 Å². The van der Waals surface area contributed by atoms with Gasteiger partial charge in [0.25, 0.3) is 0 Å². The normalized spacial score (nSPS) is 11.7. The van der Waals surface area contributed by atoms with Gasteiger partial charge in [0, 0.05) is 11.5 Å². The van der Waals surface area contributed by atoms with E-state index in [9.17, 15) is 9.59 Å². The summed E-state index contributed by atoms with van der Waals surface area (Å²) < 4.78 is 9.34. The van der Waals surface area contributed by atoms with Gasteiger partial charge < -0.3 is 9.47 Å². The van der Waals surface area contributed by atoms with Crippen LogP contribution in [0.2, 0.25) is 0 Å². The Balaban J connectivity index is 2.50. The quantitative estimate of drug-likeness (QED) is 0.750. The van der Waals surface area contributed by atoms with Crippen molar-refractivity contribution in [3.63, 3.8) is 0 Å². The molecule has 0 aliphatic carbocycles. The third-order valence-electron chi connectivity index (χ3n) is 2.59. The van der Waals surface area contributed by atoms with Crippen LogP contribution in [0.15, 0.2) is 24.3 Å². The molecule has 19 heavy (non-hydrogen) atoms. The van der Waals surface area contributed by atoms with Crippen molar-refractivity contribution in [2.45, 2.75) is 12.7 Å². The Kier molecular flexibility index (Phi) is 6.42. The van der Waals surface area contributed by atoms with Gasteiger partial charge in [0.2, 0.25) is 0 Å². The Morgan fingerprint density at radius 1 is 1.26 bits per heavy atom. The molecule has 0 aromatic heterocycles. The zero-order valence-corrected chi connectivity index (χ0v) is 12.2. The first kappa shape index (κ1) is 15.6. The van der Waals surface area contributed by atoms with Crippen molar-refractivity contribution >= 4 is 23.7 Å². The standard InChI is InChI=1S/C14H18O4S/c1-10(13(15)17-2)8-19-9-11-5-4-6-12(7-11)14(16)18-3/h4-7,10H,8-9H2,1-3H3. The van der Waals surface area contributed by atoms with Crippen LogP contribution in [0.25, 0.3) is 0 Å². The van der Waals surface area contributed by atoms with Crippen LogP contribution in [0.3, 0.4) is 0 Å². The summed E-state index contributed by atoms with van der Waals surface area (Å²) in [7, 11) is 2.76. The van der Waals surface area contributed by atoms with E-state index in [-0.39, 0.29) is 17.9 Å². The molecule has 0 heterocycles. The third kappa shape index (κ3) is 4.95. The van der Waals surface area contributed by atoms with Gasteiger partial charge in [-0.3, -0.25) is 4.79 Å². The van der Waals surface area contributed by atoms with E-state index in [1.807, 2.05) is 25.1 Å². The van der Waals surface area contributed by atoms with Crippen molar-refractivity contribution in [3.8, 4) is 0 Å². The monoisotopic (exact) mass is 282 g/mol. The van der Waals surface area contributed by atoms with E-state index in [0.717, 1.165) is 11.3 Å². The summed E-state index contributed by atoms with van der Waals surface area (Å²) in [4.78, 5) is 22.6. The fourth-order valence-electron chi connectivity index (χ4n) is 1.53. The number of ether oxygens (including phenoxy) is 2. The third-order valence-corrected chi connectivity index (χ3v) is 3.86. The maximum absolute atomic E-state index is 11.4.